The molecule has 2 aromatic rings. The van der Waals surface area contributed by atoms with E-state index in [9.17, 15) is 9.90 Å². The molecule has 138 valence electrons. The van der Waals surface area contributed by atoms with E-state index in [1.54, 1.807) is 19.1 Å². The zero-order valence-corrected chi connectivity index (χ0v) is 16.0. The van der Waals surface area contributed by atoms with E-state index in [2.05, 4.69) is 14.8 Å². The van der Waals surface area contributed by atoms with Gasteiger partial charge in [0.1, 0.15) is 17.4 Å². The predicted octanol–water partition coefficient (Wildman–Crippen LogP) is 3.36. The van der Waals surface area contributed by atoms with Crippen molar-refractivity contribution in [1.29, 1.82) is 0 Å². The number of aromatic nitrogens is 3. The summed E-state index contributed by atoms with van der Waals surface area (Å²) in [6.07, 6.45) is 2.46. The highest BCUT2D eigenvalue weighted by Crippen LogP contribution is 2.42. The van der Waals surface area contributed by atoms with Crippen molar-refractivity contribution in [3.05, 3.63) is 39.4 Å². The molecule has 2 aliphatic rings. The Morgan fingerprint density at radius 3 is 2.62 bits per heavy atom. The van der Waals surface area contributed by atoms with Crippen molar-refractivity contribution in [2.45, 2.75) is 44.6 Å². The largest absolute Gasteiger partial charge is 0.508 e. The molecule has 4 rings (SSSR count). The summed E-state index contributed by atoms with van der Waals surface area (Å²) in [4.78, 5) is 13.4. The van der Waals surface area contributed by atoms with Crippen molar-refractivity contribution in [3.63, 3.8) is 0 Å². The second-order valence-corrected chi connectivity index (χ2v) is 7.85. The first-order chi connectivity index (χ1) is 12.5. The molecule has 0 unspecified atom stereocenters. The fraction of sp³-hybridized carbons (Fsp3) is 0.500. The van der Waals surface area contributed by atoms with E-state index in [4.69, 9.17) is 23.2 Å². The molecule has 0 radical (unpaired) electrons. The molecule has 0 aliphatic carbocycles. The number of hydrogen-bond donors (Lipinski definition) is 1. The van der Waals surface area contributed by atoms with Gasteiger partial charge >= 0.3 is 0 Å². The molecule has 1 aromatic heterocycles. The van der Waals surface area contributed by atoms with Crippen molar-refractivity contribution in [1.82, 2.24) is 19.7 Å². The number of benzene rings is 1. The molecule has 1 atom stereocenters. The number of aromatic hydroxyl groups is 1. The molecule has 3 heterocycles. The van der Waals surface area contributed by atoms with Crippen LogP contribution in [0.5, 0.6) is 5.75 Å². The smallest absolute Gasteiger partial charge is 0.219 e. The standard InChI is InChI=1S/C18H20Cl2N4O2/c1-10(25)23-6-4-11(5-7-23)18-22-21-15-8-12(9-24(15)18)16-14(26)3-2-13(19)17(16)20/h2-3,11-12,26H,4-9H2,1H3/t12-/m1/s1. The fourth-order valence-electron chi connectivity index (χ4n) is 4.10. The van der Waals surface area contributed by atoms with E-state index in [-0.39, 0.29) is 17.6 Å². The van der Waals surface area contributed by atoms with Gasteiger partial charge in [0.25, 0.3) is 0 Å². The number of phenolic OH excluding ortho intramolecular Hbond substituents is 1. The summed E-state index contributed by atoms with van der Waals surface area (Å²) in [6.45, 7) is 3.80. The maximum Gasteiger partial charge on any atom is 0.219 e. The van der Waals surface area contributed by atoms with Gasteiger partial charge < -0.3 is 14.6 Å². The average molecular weight is 395 g/mol. The Balaban J connectivity index is 1.55. The number of nitrogens with zero attached hydrogens (tertiary/aromatic N) is 4. The molecule has 1 saturated heterocycles. The maximum atomic E-state index is 11.5. The quantitative estimate of drug-likeness (QED) is 0.847. The monoisotopic (exact) mass is 394 g/mol. The lowest BCUT2D eigenvalue weighted by Crippen LogP contribution is -2.36. The molecule has 2 aliphatic heterocycles. The Hall–Kier alpha value is -1.79. The zero-order chi connectivity index (χ0) is 18.4. The normalized spacial score (nSPS) is 20.4. The number of hydrogen-bond acceptors (Lipinski definition) is 4. The highest BCUT2D eigenvalue weighted by Gasteiger charge is 2.34. The summed E-state index contributed by atoms with van der Waals surface area (Å²) in [5.41, 5.74) is 0.682. The molecule has 1 aromatic carbocycles. The maximum absolute atomic E-state index is 11.5. The molecular weight excluding hydrogens is 375 g/mol. The predicted molar refractivity (Wildman–Crippen MR) is 98.8 cm³/mol. The lowest BCUT2D eigenvalue weighted by atomic mass is 9.95. The zero-order valence-electron chi connectivity index (χ0n) is 14.5. The van der Waals surface area contributed by atoms with Crippen LogP contribution in [0.15, 0.2) is 12.1 Å². The molecule has 8 heteroatoms. The summed E-state index contributed by atoms with van der Waals surface area (Å²) >= 11 is 12.5. The highest BCUT2D eigenvalue weighted by atomic mass is 35.5. The van der Waals surface area contributed by atoms with Crippen molar-refractivity contribution in [3.8, 4) is 5.75 Å². The Morgan fingerprint density at radius 2 is 1.92 bits per heavy atom. The second-order valence-electron chi connectivity index (χ2n) is 7.06. The topological polar surface area (TPSA) is 71.2 Å². The van der Waals surface area contributed by atoms with Gasteiger partial charge in [0.15, 0.2) is 0 Å². The number of carbonyl (C=O) groups is 1. The van der Waals surface area contributed by atoms with Crippen LogP contribution in [0.3, 0.4) is 0 Å². The van der Waals surface area contributed by atoms with Crippen molar-refractivity contribution in [2.24, 2.45) is 0 Å². The summed E-state index contributed by atoms with van der Waals surface area (Å²) in [6, 6.07) is 3.19. The van der Waals surface area contributed by atoms with Crippen LogP contribution in [0.25, 0.3) is 0 Å². The fourth-order valence-corrected chi connectivity index (χ4v) is 4.58. The lowest BCUT2D eigenvalue weighted by molar-refractivity contribution is -0.129. The third-order valence-corrected chi connectivity index (χ3v) is 6.33. The van der Waals surface area contributed by atoms with Gasteiger partial charge in [-0.15, -0.1) is 10.2 Å². The minimum atomic E-state index is 0.0303. The van der Waals surface area contributed by atoms with E-state index in [1.165, 1.54) is 0 Å². The SMILES string of the molecule is CC(=O)N1CCC(c2nnc3n2C[C@H](c2c(O)ccc(Cl)c2Cl)C3)CC1. The second kappa shape index (κ2) is 6.74. The number of piperidine rings is 1. The number of fused-ring (bicyclic) bond motifs is 1. The Morgan fingerprint density at radius 1 is 1.19 bits per heavy atom. The summed E-state index contributed by atoms with van der Waals surface area (Å²) < 4.78 is 2.15. The molecule has 1 fully saturated rings. The van der Waals surface area contributed by atoms with Crippen molar-refractivity contribution >= 4 is 29.1 Å². The molecule has 6 nitrogen and oxygen atoms in total. The van der Waals surface area contributed by atoms with Crippen LogP contribution in [-0.4, -0.2) is 43.8 Å². The van der Waals surface area contributed by atoms with Crippen LogP contribution in [-0.2, 0) is 17.8 Å². The molecular formula is C18H20Cl2N4O2. The van der Waals surface area contributed by atoms with E-state index in [0.29, 0.717) is 34.5 Å². The summed E-state index contributed by atoms with van der Waals surface area (Å²) in [5, 5.41) is 19.9. The number of likely N-dealkylation sites (tertiary alicyclic amines) is 1. The third kappa shape index (κ3) is 2.95. The van der Waals surface area contributed by atoms with Gasteiger partial charge in [-0.2, -0.15) is 0 Å². The molecule has 1 N–H and O–H groups in total. The van der Waals surface area contributed by atoms with Crippen LogP contribution in [0.1, 0.15) is 48.8 Å². The first kappa shape index (κ1) is 17.6. The molecule has 0 spiro atoms. The number of rotatable bonds is 2. The minimum Gasteiger partial charge on any atom is -0.508 e. The Kier molecular flexibility index (Phi) is 4.57. The van der Waals surface area contributed by atoms with Gasteiger partial charge in [-0.3, -0.25) is 4.79 Å². The summed E-state index contributed by atoms with van der Waals surface area (Å²) in [7, 11) is 0. The first-order valence-electron chi connectivity index (χ1n) is 8.80. The van der Waals surface area contributed by atoms with E-state index in [0.717, 1.165) is 37.6 Å². The van der Waals surface area contributed by atoms with Gasteiger partial charge in [0.05, 0.1) is 10.0 Å². The lowest BCUT2D eigenvalue weighted by Gasteiger charge is -2.30. The third-order valence-electron chi connectivity index (χ3n) is 5.51. The van der Waals surface area contributed by atoms with Gasteiger partial charge in [-0.1, -0.05) is 23.2 Å². The minimum absolute atomic E-state index is 0.0303. The van der Waals surface area contributed by atoms with Gasteiger partial charge in [0, 0.05) is 50.4 Å². The van der Waals surface area contributed by atoms with E-state index in [1.807, 2.05) is 4.90 Å². The molecule has 26 heavy (non-hydrogen) atoms. The van der Waals surface area contributed by atoms with Crippen LogP contribution in [0.4, 0.5) is 0 Å². The van der Waals surface area contributed by atoms with Crippen LogP contribution >= 0.6 is 23.2 Å². The number of phenols is 1. The van der Waals surface area contributed by atoms with Crippen LogP contribution in [0.2, 0.25) is 10.0 Å². The Labute approximate surface area is 161 Å². The van der Waals surface area contributed by atoms with Crippen LogP contribution < -0.4 is 0 Å². The first-order valence-corrected chi connectivity index (χ1v) is 9.55. The van der Waals surface area contributed by atoms with Gasteiger partial charge in [0.2, 0.25) is 5.91 Å². The van der Waals surface area contributed by atoms with Crippen molar-refractivity contribution < 1.29 is 9.90 Å². The Bertz CT molecular complexity index is 859. The number of carbonyl (C=O) groups excluding carboxylic acids is 1. The van der Waals surface area contributed by atoms with Gasteiger partial charge in [-0.25, -0.2) is 0 Å². The number of halogens is 2. The molecule has 0 saturated carbocycles. The number of amides is 1. The van der Waals surface area contributed by atoms with Crippen molar-refractivity contribution in [2.75, 3.05) is 13.1 Å². The van der Waals surface area contributed by atoms with Crippen LogP contribution in [0, 0.1) is 0 Å². The van der Waals surface area contributed by atoms with Gasteiger partial charge in [-0.05, 0) is 25.0 Å². The average Bonchev–Trinajstić information content (AvgIpc) is 3.19. The van der Waals surface area contributed by atoms with E-state index >= 15 is 0 Å². The highest BCUT2D eigenvalue weighted by molar-refractivity contribution is 6.42. The summed E-state index contributed by atoms with van der Waals surface area (Å²) in [5.74, 6) is 2.51. The molecule has 1 amide bonds. The van der Waals surface area contributed by atoms with E-state index < -0.39 is 0 Å². The molecule has 0 bridgehead atoms.